The first-order valence-electron chi connectivity index (χ1n) is 14.9. The van der Waals surface area contributed by atoms with Crippen molar-refractivity contribution in [3.8, 4) is 11.5 Å². The van der Waals surface area contributed by atoms with Crippen LogP contribution < -0.4 is 14.2 Å². The molecule has 1 amide bonds. The van der Waals surface area contributed by atoms with Crippen LogP contribution in [-0.4, -0.2) is 77.1 Å². The second kappa shape index (κ2) is 13.9. The van der Waals surface area contributed by atoms with Crippen LogP contribution in [0.3, 0.4) is 0 Å². The van der Waals surface area contributed by atoms with Gasteiger partial charge in [-0.05, 0) is 117 Å². The fourth-order valence-corrected chi connectivity index (χ4v) is 7.30. The molecule has 0 unspecified atom stereocenters. The zero-order valence-electron chi connectivity index (χ0n) is 27.4. The molecule has 0 bridgehead atoms. The number of carbonyl (C=O) groups excluding carboxylic acids is 2. The summed E-state index contributed by atoms with van der Waals surface area (Å²) in [6.45, 7) is 14.3. The zero-order valence-corrected chi connectivity index (χ0v) is 28.2. The third-order valence-electron chi connectivity index (χ3n) is 8.86. The van der Waals surface area contributed by atoms with Crippen molar-refractivity contribution < 1.29 is 32.2 Å². The maximum Gasteiger partial charge on any atom is 0.338 e. The lowest BCUT2D eigenvalue weighted by atomic mass is 9.95. The van der Waals surface area contributed by atoms with Crippen molar-refractivity contribution in [2.75, 3.05) is 51.7 Å². The molecule has 3 aromatic carbocycles. The van der Waals surface area contributed by atoms with Gasteiger partial charge < -0.3 is 19.1 Å². The van der Waals surface area contributed by atoms with Crippen LogP contribution in [0.25, 0.3) is 0 Å². The highest BCUT2D eigenvalue weighted by Crippen LogP contribution is 2.32. The first-order valence-corrected chi connectivity index (χ1v) is 16.3. The highest BCUT2D eigenvalue weighted by Gasteiger charge is 2.25. The van der Waals surface area contributed by atoms with E-state index in [1.54, 1.807) is 19.1 Å². The summed E-state index contributed by atoms with van der Waals surface area (Å²) < 4.78 is 45.4. The molecule has 1 aliphatic rings. The minimum Gasteiger partial charge on any atom is -0.493 e. The van der Waals surface area contributed by atoms with E-state index in [4.69, 9.17) is 14.2 Å². The van der Waals surface area contributed by atoms with Gasteiger partial charge in [0.15, 0.2) is 18.1 Å². The van der Waals surface area contributed by atoms with Crippen molar-refractivity contribution in [3.05, 3.63) is 80.9 Å². The molecule has 4 rings (SSSR count). The van der Waals surface area contributed by atoms with Crippen molar-refractivity contribution in [2.45, 2.75) is 53.0 Å². The molecule has 1 fully saturated rings. The first-order chi connectivity index (χ1) is 21.3. The molecule has 0 radical (unpaired) electrons. The molecule has 0 atom stereocenters. The van der Waals surface area contributed by atoms with Crippen LogP contribution in [0.5, 0.6) is 11.5 Å². The van der Waals surface area contributed by atoms with Crippen molar-refractivity contribution in [2.24, 2.45) is 0 Å². The Kier molecular flexibility index (Phi) is 10.4. The standard InChI is InChI=1S/C34H43N3O7S/c1-21-17-30(42-7)31(43-8)18-28(21)19-36-13-15-37(16-14-36)32(38)20-44-34(39)27-9-11-29(12-10-27)35-45(40,41)33-25(5)23(3)22(2)24(4)26(33)6/h9-12,17-18,35H,13-16,19-20H2,1-8H3. The summed E-state index contributed by atoms with van der Waals surface area (Å²) in [5.41, 5.74) is 7.15. The predicted molar refractivity (Wildman–Crippen MR) is 174 cm³/mol. The number of piperazine rings is 1. The van der Waals surface area contributed by atoms with Crippen molar-refractivity contribution in [3.63, 3.8) is 0 Å². The fraction of sp³-hybridized carbons (Fsp3) is 0.412. The molecule has 0 aliphatic carbocycles. The van der Waals surface area contributed by atoms with Gasteiger partial charge in [0.25, 0.3) is 15.9 Å². The number of ether oxygens (including phenoxy) is 3. The predicted octanol–water partition coefficient (Wildman–Crippen LogP) is 4.86. The van der Waals surface area contributed by atoms with Gasteiger partial charge >= 0.3 is 5.97 Å². The largest absolute Gasteiger partial charge is 0.493 e. The Balaban J connectivity index is 1.29. The number of sulfonamides is 1. The Morgan fingerprint density at radius 1 is 0.778 bits per heavy atom. The van der Waals surface area contributed by atoms with Gasteiger partial charge in [-0.25, -0.2) is 13.2 Å². The van der Waals surface area contributed by atoms with E-state index in [-0.39, 0.29) is 23.0 Å². The van der Waals surface area contributed by atoms with Crippen LogP contribution in [0.15, 0.2) is 41.3 Å². The zero-order chi connectivity index (χ0) is 33.1. The minimum absolute atomic E-state index is 0.218. The molecule has 1 N–H and O–H groups in total. The average Bonchev–Trinajstić information content (AvgIpc) is 3.02. The first kappa shape index (κ1) is 33.8. The number of nitrogens with zero attached hydrogens (tertiary/aromatic N) is 2. The van der Waals surface area contributed by atoms with Crippen LogP contribution >= 0.6 is 0 Å². The number of benzene rings is 3. The summed E-state index contributed by atoms with van der Waals surface area (Å²) in [5, 5.41) is 0. The lowest BCUT2D eigenvalue weighted by molar-refractivity contribution is -0.136. The summed E-state index contributed by atoms with van der Waals surface area (Å²) in [6.07, 6.45) is 0. The molecule has 0 saturated carbocycles. The molecular formula is C34H43N3O7S. The third-order valence-corrected chi connectivity index (χ3v) is 10.5. The minimum atomic E-state index is -3.86. The summed E-state index contributed by atoms with van der Waals surface area (Å²) in [7, 11) is -0.635. The number of aryl methyl sites for hydroxylation is 1. The van der Waals surface area contributed by atoms with E-state index in [2.05, 4.69) is 9.62 Å². The van der Waals surface area contributed by atoms with Crippen LogP contribution in [0.4, 0.5) is 5.69 Å². The number of methoxy groups -OCH3 is 2. The van der Waals surface area contributed by atoms with Gasteiger partial charge in [0, 0.05) is 38.4 Å². The fourth-order valence-electron chi connectivity index (χ4n) is 5.64. The summed E-state index contributed by atoms with van der Waals surface area (Å²) in [4.78, 5) is 29.7. The average molecular weight is 638 g/mol. The molecule has 10 nitrogen and oxygen atoms in total. The molecule has 11 heteroatoms. The summed E-state index contributed by atoms with van der Waals surface area (Å²) >= 11 is 0. The molecule has 0 spiro atoms. The molecule has 1 saturated heterocycles. The Labute approximate surface area is 266 Å². The van der Waals surface area contributed by atoms with E-state index >= 15 is 0 Å². The Morgan fingerprint density at radius 2 is 1.31 bits per heavy atom. The maximum atomic E-state index is 13.3. The molecule has 242 valence electrons. The van der Waals surface area contributed by atoms with E-state index in [0.717, 1.165) is 34.4 Å². The number of nitrogens with one attached hydrogen (secondary N) is 1. The normalized spacial score (nSPS) is 13.8. The van der Waals surface area contributed by atoms with Crippen LogP contribution in [0, 0.1) is 41.5 Å². The SMILES string of the molecule is COc1cc(C)c(CN2CCN(C(=O)COC(=O)c3ccc(NS(=O)(=O)c4c(C)c(C)c(C)c(C)c4C)cc3)CC2)cc1OC. The molecule has 1 aliphatic heterocycles. The second-order valence-electron chi connectivity index (χ2n) is 11.5. The van der Waals surface area contributed by atoms with Crippen molar-refractivity contribution >= 4 is 27.6 Å². The van der Waals surface area contributed by atoms with E-state index in [0.29, 0.717) is 54.5 Å². The van der Waals surface area contributed by atoms with Gasteiger partial charge in [-0.1, -0.05) is 0 Å². The number of rotatable bonds is 10. The van der Waals surface area contributed by atoms with Crippen LogP contribution in [-0.2, 0) is 26.1 Å². The Hall–Kier alpha value is -4.09. The third kappa shape index (κ3) is 7.42. The molecular weight excluding hydrogens is 594 g/mol. The summed E-state index contributed by atoms with van der Waals surface area (Å²) in [5.74, 6) is 0.459. The van der Waals surface area contributed by atoms with Gasteiger partial charge in [0.2, 0.25) is 0 Å². The highest BCUT2D eigenvalue weighted by molar-refractivity contribution is 7.92. The highest BCUT2D eigenvalue weighted by atomic mass is 32.2. The lowest BCUT2D eigenvalue weighted by Crippen LogP contribution is -2.49. The lowest BCUT2D eigenvalue weighted by Gasteiger charge is -2.35. The van der Waals surface area contributed by atoms with Gasteiger partial charge in [0.1, 0.15) is 0 Å². The van der Waals surface area contributed by atoms with E-state index in [1.807, 2.05) is 53.7 Å². The topological polar surface area (TPSA) is 114 Å². The monoisotopic (exact) mass is 637 g/mol. The Bertz CT molecular complexity index is 1660. The Morgan fingerprint density at radius 3 is 1.87 bits per heavy atom. The quantitative estimate of drug-likeness (QED) is 0.314. The van der Waals surface area contributed by atoms with Gasteiger partial charge in [-0.15, -0.1) is 0 Å². The van der Waals surface area contributed by atoms with E-state index in [1.165, 1.54) is 24.3 Å². The molecule has 0 aromatic heterocycles. The number of hydrogen-bond acceptors (Lipinski definition) is 8. The van der Waals surface area contributed by atoms with Crippen LogP contribution in [0.1, 0.15) is 49.3 Å². The number of amides is 1. The molecule has 3 aromatic rings. The number of hydrogen-bond donors (Lipinski definition) is 1. The number of esters is 1. The van der Waals surface area contributed by atoms with E-state index < -0.39 is 16.0 Å². The second-order valence-corrected chi connectivity index (χ2v) is 13.1. The molecule has 1 heterocycles. The van der Waals surface area contributed by atoms with Crippen LogP contribution in [0.2, 0.25) is 0 Å². The van der Waals surface area contributed by atoms with E-state index in [9.17, 15) is 18.0 Å². The number of anilines is 1. The van der Waals surface area contributed by atoms with Gasteiger partial charge in [-0.3, -0.25) is 14.4 Å². The van der Waals surface area contributed by atoms with Crippen molar-refractivity contribution in [1.29, 1.82) is 0 Å². The maximum absolute atomic E-state index is 13.3. The van der Waals surface area contributed by atoms with Gasteiger partial charge in [-0.2, -0.15) is 0 Å². The smallest absolute Gasteiger partial charge is 0.338 e. The summed E-state index contributed by atoms with van der Waals surface area (Å²) in [6, 6.07) is 9.92. The van der Waals surface area contributed by atoms with Crippen molar-refractivity contribution in [1.82, 2.24) is 9.80 Å². The number of carbonyl (C=O) groups is 2. The molecule has 45 heavy (non-hydrogen) atoms. The van der Waals surface area contributed by atoms with Gasteiger partial charge in [0.05, 0.1) is 24.7 Å².